The van der Waals surface area contributed by atoms with Crippen molar-refractivity contribution in [3.63, 3.8) is 0 Å². The molecular weight excluding hydrogens is 264 g/mol. The highest BCUT2D eigenvalue weighted by molar-refractivity contribution is 5.41. The second-order valence-electron chi connectivity index (χ2n) is 5.87. The predicted molar refractivity (Wildman–Crippen MR) is 85.9 cm³/mol. The minimum absolute atomic E-state index is 0.182. The van der Waals surface area contributed by atoms with Crippen LogP contribution in [-0.2, 0) is 0 Å². The topological polar surface area (TPSA) is 44.7 Å². The van der Waals surface area contributed by atoms with Crippen molar-refractivity contribution in [2.75, 3.05) is 20.2 Å². The lowest BCUT2D eigenvalue weighted by atomic mass is 9.98. The summed E-state index contributed by atoms with van der Waals surface area (Å²) in [6.07, 6.45) is 2.24. The van der Waals surface area contributed by atoms with E-state index in [1.807, 2.05) is 6.07 Å². The van der Waals surface area contributed by atoms with Crippen LogP contribution in [0.15, 0.2) is 18.2 Å². The molecule has 2 N–H and O–H groups in total. The molecule has 1 saturated heterocycles. The zero-order chi connectivity index (χ0) is 15.4. The number of phenolic OH excluding ortho intramolecular Hbond substituents is 1. The maximum Gasteiger partial charge on any atom is 0.120 e. The number of nitrogens with one attached hydrogen (secondary N) is 1. The first kappa shape index (κ1) is 16.1. The Hall–Kier alpha value is -1.26. The third kappa shape index (κ3) is 3.50. The molecule has 1 aliphatic heterocycles. The molecule has 3 unspecified atom stereocenters. The van der Waals surface area contributed by atoms with Gasteiger partial charge >= 0.3 is 0 Å². The zero-order valence-electron chi connectivity index (χ0n) is 13.6. The molecule has 21 heavy (non-hydrogen) atoms. The predicted octanol–water partition coefficient (Wildman–Crippen LogP) is 2.92. The average molecular weight is 292 g/mol. The molecule has 0 spiro atoms. The molecular formula is C17H28N2O2. The van der Waals surface area contributed by atoms with Crippen LogP contribution in [0.2, 0.25) is 0 Å². The molecule has 4 heteroatoms. The average Bonchev–Trinajstić information content (AvgIpc) is 2.54. The molecule has 0 aromatic heterocycles. The first-order valence-electron chi connectivity index (χ1n) is 7.96. The van der Waals surface area contributed by atoms with Crippen molar-refractivity contribution in [1.29, 1.82) is 0 Å². The number of methoxy groups -OCH3 is 1. The third-order valence-electron chi connectivity index (χ3n) is 4.69. The van der Waals surface area contributed by atoms with Gasteiger partial charge in [0.15, 0.2) is 0 Å². The molecule has 0 radical (unpaired) electrons. The Morgan fingerprint density at radius 3 is 2.76 bits per heavy atom. The van der Waals surface area contributed by atoms with Crippen LogP contribution in [0, 0.1) is 0 Å². The van der Waals surface area contributed by atoms with Crippen LogP contribution in [0.1, 0.15) is 45.2 Å². The van der Waals surface area contributed by atoms with Crippen LogP contribution in [0.5, 0.6) is 11.5 Å². The Balaban J connectivity index is 2.25. The fourth-order valence-corrected chi connectivity index (χ4v) is 3.19. The number of benzene rings is 1. The second kappa shape index (κ2) is 7.14. The SMILES string of the molecule is CCC1CN(C(C)c2cc(OC)ccc2O)C(CC)CN1. The van der Waals surface area contributed by atoms with Gasteiger partial charge in [-0.1, -0.05) is 13.8 Å². The van der Waals surface area contributed by atoms with Gasteiger partial charge in [0, 0.05) is 36.8 Å². The van der Waals surface area contributed by atoms with E-state index in [2.05, 4.69) is 31.0 Å². The Bertz CT molecular complexity index is 464. The first-order valence-corrected chi connectivity index (χ1v) is 7.96. The Labute approximate surface area is 128 Å². The summed E-state index contributed by atoms with van der Waals surface area (Å²) in [6.45, 7) is 8.66. The van der Waals surface area contributed by atoms with Gasteiger partial charge in [0.25, 0.3) is 0 Å². The van der Waals surface area contributed by atoms with Gasteiger partial charge in [-0.3, -0.25) is 4.90 Å². The summed E-state index contributed by atoms with van der Waals surface area (Å²) >= 11 is 0. The van der Waals surface area contributed by atoms with Crippen molar-refractivity contribution in [3.8, 4) is 11.5 Å². The molecule has 1 aliphatic rings. The van der Waals surface area contributed by atoms with Gasteiger partial charge in [0.2, 0.25) is 0 Å². The number of rotatable bonds is 5. The summed E-state index contributed by atoms with van der Waals surface area (Å²) < 4.78 is 5.30. The van der Waals surface area contributed by atoms with Crippen LogP contribution in [-0.4, -0.2) is 42.3 Å². The third-order valence-corrected chi connectivity index (χ3v) is 4.69. The van der Waals surface area contributed by atoms with E-state index in [0.29, 0.717) is 17.8 Å². The van der Waals surface area contributed by atoms with Crippen molar-refractivity contribution in [2.24, 2.45) is 0 Å². The molecule has 1 heterocycles. The molecule has 0 amide bonds. The summed E-state index contributed by atoms with van der Waals surface area (Å²) in [5, 5.41) is 13.8. The standard InChI is InChI=1S/C17H28N2O2/c1-5-13-11-19(14(6-2)10-18-13)12(3)16-9-15(21-4)7-8-17(16)20/h7-9,12-14,18,20H,5-6,10-11H2,1-4H3. The summed E-state index contributed by atoms with van der Waals surface area (Å²) in [5.74, 6) is 1.15. The van der Waals surface area contributed by atoms with E-state index in [1.165, 1.54) is 0 Å². The maximum absolute atomic E-state index is 10.2. The van der Waals surface area contributed by atoms with Crippen LogP contribution < -0.4 is 10.1 Å². The fourth-order valence-electron chi connectivity index (χ4n) is 3.19. The molecule has 4 nitrogen and oxygen atoms in total. The van der Waals surface area contributed by atoms with Crippen molar-refractivity contribution in [1.82, 2.24) is 10.2 Å². The smallest absolute Gasteiger partial charge is 0.120 e. The molecule has 0 bridgehead atoms. The van der Waals surface area contributed by atoms with Crippen LogP contribution >= 0.6 is 0 Å². The van der Waals surface area contributed by atoms with Gasteiger partial charge < -0.3 is 15.2 Å². The van der Waals surface area contributed by atoms with Gasteiger partial charge in [-0.15, -0.1) is 0 Å². The molecule has 1 aromatic rings. The largest absolute Gasteiger partial charge is 0.508 e. The lowest BCUT2D eigenvalue weighted by Crippen LogP contribution is -2.56. The minimum atomic E-state index is 0.182. The van der Waals surface area contributed by atoms with Gasteiger partial charge in [0.1, 0.15) is 11.5 Å². The number of aromatic hydroxyl groups is 1. The summed E-state index contributed by atoms with van der Waals surface area (Å²) in [5.41, 5.74) is 0.949. The Kier molecular flexibility index (Phi) is 5.48. The lowest BCUT2D eigenvalue weighted by molar-refractivity contribution is 0.0838. The van der Waals surface area contributed by atoms with E-state index < -0.39 is 0 Å². The maximum atomic E-state index is 10.2. The van der Waals surface area contributed by atoms with Crippen LogP contribution in [0.3, 0.4) is 0 Å². The molecule has 2 rings (SSSR count). The molecule has 0 aliphatic carbocycles. The summed E-state index contributed by atoms with van der Waals surface area (Å²) in [7, 11) is 1.66. The second-order valence-corrected chi connectivity index (χ2v) is 5.87. The zero-order valence-corrected chi connectivity index (χ0v) is 13.6. The van der Waals surface area contributed by atoms with Gasteiger partial charge in [-0.05, 0) is 38.0 Å². The Morgan fingerprint density at radius 1 is 1.38 bits per heavy atom. The van der Waals surface area contributed by atoms with Crippen molar-refractivity contribution in [2.45, 2.75) is 51.7 Å². The van der Waals surface area contributed by atoms with E-state index in [4.69, 9.17) is 4.74 Å². The van der Waals surface area contributed by atoms with E-state index in [0.717, 1.165) is 37.2 Å². The van der Waals surface area contributed by atoms with E-state index >= 15 is 0 Å². The quantitative estimate of drug-likeness (QED) is 0.876. The molecule has 0 saturated carbocycles. The van der Waals surface area contributed by atoms with Gasteiger partial charge in [0.05, 0.1) is 7.11 Å². The number of phenols is 1. The number of ether oxygens (including phenoxy) is 1. The summed E-state index contributed by atoms with van der Waals surface area (Å²) in [4.78, 5) is 2.51. The molecule has 118 valence electrons. The van der Waals surface area contributed by atoms with Gasteiger partial charge in [-0.2, -0.15) is 0 Å². The molecule has 1 fully saturated rings. The first-order chi connectivity index (χ1) is 10.1. The molecule has 1 aromatic carbocycles. The van der Waals surface area contributed by atoms with Crippen LogP contribution in [0.25, 0.3) is 0 Å². The number of piperazine rings is 1. The van der Waals surface area contributed by atoms with E-state index in [1.54, 1.807) is 19.2 Å². The fraction of sp³-hybridized carbons (Fsp3) is 0.647. The number of hydrogen-bond donors (Lipinski definition) is 2. The summed E-state index contributed by atoms with van der Waals surface area (Å²) in [6, 6.07) is 6.70. The lowest BCUT2D eigenvalue weighted by Gasteiger charge is -2.43. The van der Waals surface area contributed by atoms with Crippen molar-refractivity contribution < 1.29 is 9.84 Å². The highest BCUT2D eigenvalue weighted by Crippen LogP contribution is 2.34. The minimum Gasteiger partial charge on any atom is -0.508 e. The normalized spacial score (nSPS) is 24.8. The monoisotopic (exact) mass is 292 g/mol. The Morgan fingerprint density at radius 2 is 2.14 bits per heavy atom. The van der Waals surface area contributed by atoms with Crippen LogP contribution in [0.4, 0.5) is 0 Å². The number of hydrogen-bond acceptors (Lipinski definition) is 4. The highest BCUT2D eigenvalue weighted by Gasteiger charge is 2.31. The van der Waals surface area contributed by atoms with E-state index in [9.17, 15) is 5.11 Å². The highest BCUT2D eigenvalue weighted by atomic mass is 16.5. The van der Waals surface area contributed by atoms with Crippen molar-refractivity contribution in [3.05, 3.63) is 23.8 Å². The number of nitrogens with zero attached hydrogens (tertiary/aromatic N) is 1. The van der Waals surface area contributed by atoms with E-state index in [-0.39, 0.29) is 6.04 Å². The van der Waals surface area contributed by atoms with Gasteiger partial charge in [-0.25, -0.2) is 0 Å². The van der Waals surface area contributed by atoms with Crippen molar-refractivity contribution >= 4 is 0 Å². The molecule has 3 atom stereocenters.